The van der Waals surface area contributed by atoms with Crippen LogP contribution in [-0.2, 0) is 14.8 Å². The van der Waals surface area contributed by atoms with Crippen LogP contribution in [0.25, 0.3) is 0 Å². The zero-order valence-electron chi connectivity index (χ0n) is 12.4. The van der Waals surface area contributed by atoms with Gasteiger partial charge < -0.3 is 10.1 Å². The average Bonchev–Trinajstić information content (AvgIpc) is 3.22. The van der Waals surface area contributed by atoms with Gasteiger partial charge in [-0.05, 0) is 38.0 Å². The molecule has 1 unspecified atom stereocenters. The predicted molar refractivity (Wildman–Crippen MR) is 83.6 cm³/mol. The van der Waals surface area contributed by atoms with Crippen molar-refractivity contribution in [2.24, 2.45) is 0 Å². The van der Waals surface area contributed by atoms with E-state index in [0.29, 0.717) is 6.61 Å². The van der Waals surface area contributed by atoms with Crippen LogP contribution in [0.2, 0.25) is 5.02 Å². The molecule has 1 aliphatic carbocycles. The highest BCUT2D eigenvalue weighted by atomic mass is 35.5. The molecule has 2 rings (SSSR count). The number of rotatable bonds is 7. The van der Waals surface area contributed by atoms with Crippen molar-refractivity contribution < 1.29 is 17.9 Å². The van der Waals surface area contributed by atoms with Crippen LogP contribution in [0.5, 0.6) is 0 Å². The minimum atomic E-state index is -3.71. The predicted octanol–water partition coefficient (Wildman–Crippen LogP) is 1.55. The Kier molecular flexibility index (Phi) is 5.44. The van der Waals surface area contributed by atoms with E-state index in [-0.39, 0.29) is 33.5 Å². The molecule has 1 aromatic carbocycles. The van der Waals surface area contributed by atoms with Crippen LogP contribution in [0.3, 0.4) is 0 Å². The first kappa shape index (κ1) is 17.2. The molecule has 0 bridgehead atoms. The second-order valence-corrected chi connectivity index (χ2v) is 7.46. The fourth-order valence-corrected chi connectivity index (χ4v) is 3.76. The van der Waals surface area contributed by atoms with E-state index in [2.05, 4.69) is 10.0 Å². The maximum absolute atomic E-state index is 12.3. The summed E-state index contributed by atoms with van der Waals surface area (Å²) < 4.78 is 32.0. The zero-order valence-corrected chi connectivity index (χ0v) is 14.0. The first-order valence-corrected chi connectivity index (χ1v) is 8.81. The number of sulfonamides is 1. The zero-order chi connectivity index (χ0) is 16.3. The van der Waals surface area contributed by atoms with Gasteiger partial charge in [-0.2, -0.15) is 0 Å². The van der Waals surface area contributed by atoms with Crippen LogP contribution in [-0.4, -0.2) is 40.1 Å². The minimum absolute atomic E-state index is 0.0275. The van der Waals surface area contributed by atoms with Gasteiger partial charge in [0.15, 0.2) is 0 Å². The van der Waals surface area contributed by atoms with Crippen molar-refractivity contribution in [3.63, 3.8) is 0 Å². The fraction of sp³-hybridized carbons (Fsp3) is 0.500. The summed E-state index contributed by atoms with van der Waals surface area (Å²) in [6.45, 7) is 2.16. The molecule has 1 aromatic rings. The number of carbonyl (C=O) groups excluding carboxylic acids is 1. The maximum Gasteiger partial charge on any atom is 0.251 e. The molecule has 8 heteroatoms. The summed E-state index contributed by atoms with van der Waals surface area (Å²) >= 11 is 5.97. The highest BCUT2D eigenvalue weighted by Gasteiger charge is 2.29. The number of carbonyl (C=O) groups is 1. The number of ether oxygens (including phenoxy) is 1. The van der Waals surface area contributed by atoms with Gasteiger partial charge in [0.1, 0.15) is 4.90 Å². The summed E-state index contributed by atoms with van der Waals surface area (Å²) in [5, 5.41) is 2.82. The molecular formula is C14H19ClN2O4S. The van der Waals surface area contributed by atoms with Crippen LogP contribution in [0, 0.1) is 0 Å². The SMILES string of the molecule is COCC(C)NC(=O)c1ccc(Cl)c(S(=O)(=O)NC2CC2)c1. The second kappa shape index (κ2) is 6.95. The van der Waals surface area contributed by atoms with Crippen molar-refractivity contribution in [2.75, 3.05) is 13.7 Å². The lowest BCUT2D eigenvalue weighted by atomic mass is 10.2. The molecule has 0 radical (unpaired) electrons. The van der Waals surface area contributed by atoms with Gasteiger partial charge in [-0.3, -0.25) is 4.79 Å². The summed E-state index contributed by atoms with van der Waals surface area (Å²) in [6.07, 6.45) is 1.65. The molecule has 0 aliphatic heterocycles. The molecule has 2 N–H and O–H groups in total. The molecule has 1 saturated carbocycles. The Labute approximate surface area is 135 Å². The molecule has 1 fully saturated rings. The number of nitrogens with one attached hydrogen (secondary N) is 2. The first-order chi connectivity index (χ1) is 10.3. The average molecular weight is 347 g/mol. The van der Waals surface area contributed by atoms with Crippen molar-refractivity contribution in [1.82, 2.24) is 10.0 Å². The van der Waals surface area contributed by atoms with Crippen LogP contribution in [0.15, 0.2) is 23.1 Å². The van der Waals surface area contributed by atoms with Crippen molar-refractivity contribution in [2.45, 2.75) is 36.7 Å². The Bertz CT molecular complexity index is 659. The highest BCUT2D eigenvalue weighted by Crippen LogP contribution is 2.26. The largest absolute Gasteiger partial charge is 0.383 e. The van der Waals surface area contributed by atoms with E-state index in [0.717, 1.165) is 12.8 Å². The van der Waals surface area contributed by atoms with Gasteiger partial charge in [-0.1, -0.05) is 11.6 Å². The standard InChI is InChI=1S/C14H19ClN2O4S/c1-9(8-21-2)16-14(18)10-3-6-12(15)13(7-10)22(19,20)17-11-4-5-11/h3,6-7,9,11,17H,4-5,8H2,1-2H3,(H,16,18). The maximum atomic E-state index is 12.3. The molecule has 0 spiro atoms. The van der Waals surface area contributed by atoms with Crippen molar-refractivity contribution in [1.29, 1.82) is 0 Å². The topological polar surface area (TPSA) is 84.5 Å². The Hall–Kier alpha value is -1.15. The molecule has 0 aromatic heterocycles. The Balaban J connectivity index is 2.20. The Morgan fingerprint density at radius 3 is 2.73 bits per heavy atom. The molecule has 1 aliphatic rings. The van der Waals surface area contributed by atoms with Gasteiger partial charge in [-0.25, -0.2) is 13.1 Å². The highest BCUT2D eigenvalue weighted by molar-refractivity contribution is 7.89. The number of methoxy groups -OCH3 is 1. The smallest absolute Gasteiger partial charge is 0.251 e. The van der Waals surface area contributed by atoms with Crippen molar-refractivity contribution >= 4 is 27.5 Å². The number of halogens is 1. The number of hydrogen-bond acceptors (Lipinski definition) is 4. The lowest BCUT2D eigenvalue weighted by molar-refractivity contribution is 0.0905. The third-order valence-corrected chi connectivity index (χ3v) is 5.18. The molecule has 22 heavy (non-hydrogen) atoms. The van der Waals surface area contributed by atoms with E-state index in [1.165, 1.54) is 18.2 Å². The summed E-state index contributed by atoms with van der Waals surface area (Å²) in [7, 11) is -2.17. The number of benzene rings is 1. The molecule has 6 nitrogen and oxygen atoms in total. The van der Waals surface area contributed by atoms with E-state index >= 15 is 0 Å². The van der Waals surface area contributed by atoms with E-state index in [1.54, 1.807) is 14.0 Å². The summed E-state index contributed by atoms with van der Waals surface area (Å²) in [5.74, 6) is -0.371. The molecule has 0 saturated heterocycles. The summed E-state index contributed by atoms with van der Waals surface area (Å²) in [4.78, 5) is 12.1. The molecule has 122 valence electrons. The Morgan fingerprint density at radius 1 is 1.45 bits per heavy atom. The quantitative estimate of drug-likeness (QED) is 0.784. The van der Waals surface area contributed by atoms with E-state index in [4.69, 9.17) is 16.3 Å². The molecule has 0 heterocycles. The van der Waals surface area contributed by atoms with Crippen LogP contribution < -0.4 is 10.0 Å². The van der Waals surface area contributed by atoms with E-state index < -0.39 is 10.0 Å². The monoisotopic (exact) mass is 346 g/mol. The second-order valence-electron chi connectivity index (χ2n) is 5.37. The van der Waals surface area contributed by atoms with E-state index in [1.807, 2.05) is 0 Å². The van der Waals surface area contributed by atoms with Gasteiger partial charge in [0, 0.05) is 24.8 Å². The van der Waals surface area contributed by atoms with Crippen LogP contribution in [0.1, 0.15) is 30.1 Å². The molecular weight excluding hydrogens is 328 g/mol. The fourth-order valence-electron chi connectivity index (χ4n) is 1.93. The van der Waals surface area contributed by atoms with Crippen LogP contribution >= 0.6 is 11.6 Å². The number of hydrogen-bond donors (Lipinski definition) is 2. The van der Waals surface area contributed by atoms with Gasteiger partial charge in [0.25, 0.3) is 5.91 Å². The lowest BCUT2D eigenvalue weighted by Crippen LogP contribution is -2.35. The van der Waals surface area contributed by atoms with Crippen molar-refractivity contribution in [3.8, 4) is 0 Å². The minimum Gasteiger partial charge on any atom is -0.383 e. The van der Waals surface area contributed by atoms with Crippen LogP contribution in [0.4, 0.5) is 0 Å². The Morgan fingerprint density at radius 2 is 2.14 bits per heavy atom. The third-order valence-electron chi connectivity index (χ3n) is 3.18. The van der Waals surface area contributed by atoms with Gasteiger partial charge in [0.2, 0.25) is 10.0 Å². The van der Waals surface area contributed by atoms with Gasteiger partial charge in [0.05, 0.1) is 11.6 Å². The number of amides is 1. The molecule has 1 amide bonds. The summed E-state index contributed by atoms with van der Waals surface area (Å²) in [5.41, 5.74) is 0.239. The molecule has 1 atom stereocenters. The third kappa shape index (κ3) is 4.42. The van der Waals surface area contributed by atoms with Gasteiger partial charge >= 0.3 is 0 Å². The van der Waals surface area contributed by atoms with Crippen molar-refractivity contribution in [3.05, 3.63) is 28.8 Å². The lowest BCUT2D eigenvalue weighted by Gasteiger charge is -2.14. The summed E-state index contributed by atoms with van der Waals surface area (Å²) in [6, 6.07) is 3.99. The van der Waals surface area contributed by atoms with E-state index in [9.17, 15) is 13.2 Å². The normalized spacial score (nSPS) is 16.3. The van der Waals surface area contributed by atoms with Gasteiger partial charge in [-0.15, -0.1) is 0 Å². The first-order valence-electron chi connectivity index (χ1n) is 6.95.